The van der Waals surface area contributed by atoms with Gasteiger partial charge in [0, 0.05) is 23.8 Å². The molecular formula is C17H23F3N2O. The highest BCUT2D eigenvalue weighted by Crippen LogP contribution is 2.34. The van der Waals surface area contributed by atoms with Gasteiger partial charge < -0.3 is 5.11 Å². The Labute approximate surface area is 135 Å². The van der Waals surface area contributed by atoms with Crippen molar-refractivity contribution in [2.24, 2.45) is 15.9 Å². The van der Waals surface area contributed by atoms with E-state index in [2.05, 4.69) is 9.98 Å². The highest BCUT2D eigenvalue weighted by atomic mass is 19.1. The minimum absolute atomic E-state index is 0.00550. The Bertz CT molecular complexity index is 559. The smallest absolute Gasteiger partial charge is 0.132 e. The van der Waals surface area contributed by atoms with Crippen LogP contribution in [0.3, 0.4) is 0 Å². The number of rotatable bonds is 6. The molecule has 0 radical (unpaired) electrons. The van der Waals surface area contributed by atoms with Crippen molar-refractivity contribution in [1.82, 2.24) is 0 Å². The molecule has 0 heterocycles. The summed E-state index contributed by atoms with van der Waals surface area (Å²) < 4.78 is 38.5. The zero-order valence-electron chi connectivity index (χ0n) is 13.8. The van der Waals surface area contributed by atoms with Crippen molar-refractivity contribution in [3.8, 4) is 0 Å². The van der Waals surface area contributed by atoms with E-state index in [-0.39, 0.29) is 18.3 Å². The van der Waals surface area contributed by atoms with E-state index in [1.54, 1.807) is 13.8 Å². The molecule has 1 aromatic rings. The normalized spacial score (nSPS) is 15.7. The summed E-state index contributed by atoms with van der Waals surface area (Å²) in [5, 5.41) is 10.7. The second-order valence-corrected chi connectivity index (χ2v) is 4.53. The van der Waals surface area contributed by atoms with Crippen molar-refractivity contribution in [1.29, 1.82) is 0 Å². The van der Waals surface area contributed by atoms with Gasteiger partial charge in [0.1, 0.15) is 24.3 Å². The molecule has 2 atom stereocenters. The summed E-state index contributed by atoms with van der Waals surface area (Å²) in [6.07, 6.45) is 3.86. The lowest BCUT2D eigenvalue weighted by Crippen LogP contribution is -2.35. The fourth-order valence-corrected chi connectivity index (χ4v) is 2.00. The maximum absolute atomic E-state index is 13.9. The van der Waals surface area contributed by atoms with E-state index in [1.165, 1.54) is 12.3 Å². The summed E-state index contributed by atoms with van der Waals surface area (Å²) in [5.41, 5.74) is -1.52. The van der Waals surface area contributed by atoms with Crippen LogP contribution < -0.4 is 0 Å². The summed E-state index contributed by atoms with van der Waals surface area (Å²) in [5.74, 6) is -2.07. The third-order valence-corrected chi connectivity index (χ3v) is 3.28. The van der Waals surface area contributed by atoms with E-state index >= 15 is 0 Å². The first-order valence-corrected chi connectivity index (χ1v) is 7.43. The van der Waals surface area contributed by atoms with E-state index in [1.807, 2.05) is 13.8 Å². The van der Waals surface area contributed by atoms with Crippen LogP contribution in [0.1, 0.15) is 39.7 Å². The third-order valence-electron chi connectivity index (χ3n) is 3.28. The van der Waals surface area contributed by atoms with E-state index in [0.29, 0.717) is 0 Å². The molecule has 0 spiro atoms. The van der Waals surface area contributed by atoms with E-state index < -0.39 is 23.2 Å². The van der Waals surface area contributed by atoms with Crippen molar-refractivity contribution in [2.75, 3.05) is 0 Å². The summed E-state index contributed by atoms with van der Waals surface area (Å²) >= 11 is 0. The molecule has 1 rings (SSSR count). The fourth-order valence-electron chi connectivity index (χ4n) is 2.00. The Morgan fingerprint density at radius 2 is 1.91 bits per heavy atom. The molecule has 6 heteroatoms. The maximum Gasteiger partial charge on any atom is 0.132 e. The van der Waals surface area contributed by atoms with Crippen LogP contribution in [0.25, 0.3) is 0 Å². The number of aliphatic hydroxyl groups is 1. The Morgan fingerprint density at radius 1 is 1.26 bits per heavy atom. The lowest BCUT2D eigenvalue weighted by Gasteiger charge is -2.31. The Balaban J connectivity index is 0.00000232. The van der Waals surface area contributed by atoms with Gasteiger partial charge in [0.2, 0.25) is 0 Å². The second kappa shape index (κ2) is 10.7. The van der Waals surface area contributed by atoms with Gasteiger partial charge in [0.05, 0.1) is 11.8 Å². The minimum Gasteiger partial charge on any atom is -0.384 e. The first kappa shape index (κ1) is 21.0. The van der Waals surface area contributed by atoms with Gasteiger partial charge in [-0.05, 0) is 12.5 Å². The van der Waals surface area contributed by atoms with E-state index in [4.69, 9.17) is 0 Å². The number of hydrogen-bond donors (Lipinski definition) is 1. The lowest BCUT2D eigenvalue weighted by molar-refractivity contribution is 0.00206. The molecule has 0 amide bonds. The van der Waals surface area contributed by atoms with Crippen LogP contribution in [0.15, 0.2) is 40.7 Å². The molecule has 1 aromatic carbocycles. The average molecular weight is 328 g/mol. The molecule has 0 aromatic heterocycles. The van der Waals surface area contributed by atoms with Crippen LogP contribution >= 0.6 is 0 Å². The number of aliphatic imine (C=N–C) groups is 2. The van der Waals surface area contributed by atoms with Gasteiger partial charge in [-0.1, -0.05) is 33.8 Å². The molecule has 0 aliphatic carbocycles. The predicted molar refractivity (Wildman–Crippen MR) is 88.3 cm³/mol. The van der Waals surface area contributed by atoms with Gasteiger partial charge >= 0.3 is 0 Å². The molecule has 0 saturated heterocycles. The van der Waals surface area contributed by atoms with Gasteiger partial charge in [-0.2, -0.15) is 0 Å². The second-order valence-electron chi connectivity index (χ2n) is 4.53. The highest BCUT2D eigenvalue weighted by Gasteiger charge is 2.35. The van der Waals surface area contributed by atoms with Crippen molar-refractivity contribution in [3.05, 3.63) is 47.9 Å². The van der Waals surface area contributed by atoms with Crippen molar-refractivity contribution in [3.63, 3.8) is 0 Å². The number of benzene rings is 1. The van der Waals surface area contributed by atoms with Crippen LogP contribution in [0.2, 0.25) is 0 Å². The monoisotopic (exact) mass is 328 g/mol. The molecule has 3 nitrogen and oxygen atoms in total. The van der Waals surface area contributed by atoms with Crippen molar-refractivity contribution >= 4 is 12.6 Å². The van der Waals surface area contributed by atoms with Crippen LogP contribution in [0.4, 0.5) is 13.2 Å². The van der Waals surface area contributed by atoms with Crippen molar-refractivity contribution in [2.45, 2.75) is 39.7 Å². The van der Waals surface area contributed by atoms with Crippen molar-refractivity contribution < 1.29 is 18.3 Å². The van der Waals surface area contributed by atoms with Crippen LogP contribution in [-0.2, 0) is 5.60 Å². The van der Waals surface area contributed by atoms with Crippen LogP contribution in [0.5, 0.6) is 0 Å². The van der Waals surface area contributed by atoms with Gasteiger partial charge in [0.25, 0.3) is 0 Å². The van der Waals surface area contributed by atoms with E-state index in [9.17, 15) is 18.3 Å². The molecule has 128 valence electrons. The summed E-state index contributed by atoms with van der Waals surface area (Å²) in [4.78, 5) is 7.29. The molecular weight excluding hydrogens is 305 g/mol. The third kappa shape index (κ3) is 5.98. The maximum atomic E-state index is 13.9. The Kier molecular flexibility index (Phi) is 9.81. The summed E-state index contributed by atoms with van der Waals surface area (Å²) in [6.45, 7) is 7.34. The first-order valence-electron chi connectivity index (χ1n) is 7.43. The van der Waals surface area contributed by atoms with Crippen LogP contribution in [0, 0.1) is 17.6 Å². The average Bonchev–Trinajstić information content (AvgIpc) is 2.55. The molecule has 0 saturated carbocycles. The molecule has 0 aliphatic heterocycles. The number of halogens is 3. The summed E-state index contributed by atoms with van der Waals surface area (Å²) in [6, 6.07) is 3.04. The fraction of sp³-hybridized carbons (Fsp3) is 0.412. The molecule has 0 aliphatic rings. The topological polar surface area (TPSA) is 45.0 Å². The Hall–Kier alpha value is -1.95. The minimum atomic E-state index is -1.52. The Morgan fingerprint density at radius 3 is 2.43 bits per heavy atom. The molecule has 0 fully saturated rings. The van der Waals surface area contributed by atoms with E-state index in [0.717, 1.165) is 24.7 Å². The predicted octanol–water partition coefficient (Wildman–Crippen LogP) is 4.76. The molecule has 1 N–H and O–H groups in total. The molecule has 1 unspecified atom stereocenters. The lowest BCUT2D eigenvalue weighted by atomic mass is 9.80. The largest absolute Gasteiger partial charge is 0.384 e. The number of hydrogen-bond acceptors (Lipinski definition) is 2. The zero-order valence-corrected chi connectivity index (χ0v) is 13.8. The van der Waals surface area contributed by atoms with Gasteiger partial charge in [-0.15, -0.1) is 0 Å². The van der Waals surface area contributed by atoms with Crippen LogP contribution in [-0.4, -0.2) is 17.7 Å². The highest BCUT2D eigenvalue weighted by molar-refractivity contribution is 5.74. The standard InChI is InChI=1S/C15H17F3N2O.C2H6/c1-3-15(21,11(2)9-20-10-19-7-6-16)13-5-4-12(17)8-14(13)18;1-2/h4-11,21H,3H2,1-2H3;1-2H3/b7-6+,19-10?,20-9?;/t11?,15-;/m1./s1. The van der Waals surface area contributed by atoms with Gasteiger partial charge in [-0.25, -0.2) is 23.2 Å². The first-order chi connectivity index (χ1) is 11.0. The molecule has 23 heavy (non-hydrogen) atoms. The van der Waals surface area contributed by atoms with Gasteiger partial charge in [-0.3, -0.25) is 0 Å². The summed E-state index contributed by atoms with van der Waals surface area (Å²) in [7, 11) is 0. The zero-order chi connectivity index (χ0) is 17.9. The SMILES string of the molecule is CC.CC[C@](O)(c1ccc(F)cc1F)C(C)C=NC=N/C=C/F. The quantitative estimate of drug-likeness (QED) is 0.593. The number of nitrogens with zero attached hydrogens (tertiary/aromatic N) is 2. The molecule has 0 bridgehead atoms. The van der Waals surface area contributed by atoms with Gasteiger partial charge in [0.15, 0.2) is 0 Å².